The topological polar surface area (TPSA) is 54.4 Å². The van der Waals surface area contributed by atoms with Crippen molar-refractivity contribution in [3.05, 3.63) is 71.3 Å². The van der Waals surface area contributed by atoms with Crippen LogP contribution in [0.25, 0.3) is 0 Å². The van der Waals surface area contributed by atoms with Crippen LogP contribution >= 0.6 is 0 Å². The summed E-state index contributed by atoms with van der Waals surface area (Å²) < 4.78 is 0. The fourth-order valence-electron chi connectivity index (χ4n) is 3.61. The van der Waals surface area contributed by atoms with Crippen LogP contribution in [0.5, 0.6) is 0 Å². The fourth-order valence-corrected chi connectivity index (χ4v) is 3.61. The molecule has 2 atom stereocenters. The van der Waals surface area contributed by atoms with E-state index < -0.39 is 17.3 Å². The summed E-state index contributed by atoms with van der Waals surface area (Å²) >= 11 is 0. The molecule has 124 valence electrons. The molecule has 2 aromatic carbocycles. The lowest BCUT2D eigenvalue weighted by Gasteiger charge is -2.36. The molecule has 1 aliphatic rings. The summed E-state index contributed by atoms with van der Waals surface area (Å²) in [6.45, 7) is 1.91. The molecule has 0 amide bonds. The molecule has 1 fully saturated rings. The molecule has 3 nitrogen and oxygen atoms in total. The minimum Gasteiger partial charge on any atom is -0.376 e. The molecule has 0 bridgehead atoms. The third kappa shape index (κ3) is 2.92. The normalized spacial score (nSPS) is 20.4. The van der Waals surface area contributed by atoms with Gasteiger partial charge in [-0.1, -0.05) is 60.5 Å². The third-order valence-electron chi connectivity index (χ3n) is 4.90. The van der Waals surface area contributed by atoms with Crippen LogP contribution in [0.4, 0.5) is 0 Å². The van der Waals surface area contributed by atoms with E-state index in [1.807, 2.05) is 19.1 Å². The lowest BCUT2D eigenvalue weighted by atomic mass is 9.69. The lowest BCUT2D eigenvalue weighted by Crippen LogP contribution is -2.47. The van der Waals surface area contributed by atoms with Gasteiger partial charge in [-0.15, -0.1) is 0 Å². The van der Waals surface area contributed by atoms with Gasteiger partial charge in [0, 0.05) is 12.0 Å². The predicted molar refractivity (Wildman–Crippen MR) is 92.8 cm³/mol. The molecule has 2 aromatic rings. The summed E-state index contributed by atoms with van der Waals surface area (Å²) in [6, 6.07) is 16.1. The van der Waals surface area contributed by atoms with E-state index in [0.717, 1.165) is 18.4 Å². The minimum absolute atomic E-state index is 0.0198. The smallest absolute Gasteiger partial charge is 0.199 e. The van der Waals surface area contributed by atoms with Gasteiger partial charge in [0.15, 0.2) is 11.4 Å². The number of Topliss-reactive ketones (excluding diaryl/α,β-unsaturated/α-hetero) is 2. The van der Waals surface area contributed by atoms with Gasteiger partial charge in [0.2, 0.25) is 0 Å². The molecule has 1 aliphatic carbocycles. The maximum Gasteiger partial charge on any atom is 0.199 e. The van der Waals surface area contributed by atoms with Crippen molar-refractivity contribution in [3.8, 4) is 0 Å². The monoisotopic (exact) mass is 322 g/mol. The number of hydrogen-bond acceptors (Lipinski definition) is 3. The first-order chi connectivity index (χ1) is 11.5. The molecule has 3 heteroatoms. The number of ketones is 2. The Morgan fingerprint density at radius 1 is 1.08 bits per heavy atom. The van der Waals surface area contributed by atoms with Crippen LogP contribution in [0, 0.1) is 12.8 Å². The van der Waals surface area contributed by atoms with E-state index in [2.05, 4.69) is 0 Å². The summed E-state index contributed by atoms with van der Waals surface area (Å²) in [5.41, 5.74) is 0.0924. The van der Waals surface area contributed by atoms with Gasteiger partial charge in [-0.05, 0) is 31.4 Å². The van der Waals surface area contributed by atoms with Crippen molar-refractivity contribution < 1.29 is 14.7 Å². The highest BCUT2D eigenvalue weighted by atomic mass is 16.3. The molecule has 1 N–H and O–H groups in total. The van der Waals surface area contributed by atoms with E-state index in [-0.39, 0.29) is 5.78 Å². The molecule has 0 radical (unpaired) electrons. The first-order valence-electron chi connectivity index (χ1n) is 8.45. The van der Waals surface area contributed by atoms with Crippen LogP contribution in [0.2, 0.25) is 0 Å². The van der Waals surface area contributed by atoms with Gasteiger partial charge in [0.25, 0.3) is 0 Å². The number of benzene rings is 2. The van der Waals surface area contributed by atoms with Crippen molar-refractivity contribution >= 4 is 11.6 Å². The molecule has 0 saturated heterocycles. The highest BCUT2D eigenvalue weighted by Crippen LogP contribution is 2.40. The SMILES string of the molecule is Cc1cccc(C(=O)[C@](O)(c2ccccc2)[C@H]2CCCCC2=O)c1. The molecule has 0 spiro atoms. The van der Waals surface area contributed by atoms with Gasteiger partial charge >= 0.3 is 0 Å². The Morgan fingerprint density at radius 2 is 1.83 bits per heavy atom. The number of carbonyl (C=O) groups is 2. The zero-order valence-corrected chi connectivity index (χ0v) is 13.9. The molecular weight excluding hydrogens is 300 g/mol. The Hall–Kier alpha value is -2.26. The Morgan fingerprint density at radius 3 is 2.50 bits per heavy atom. The molecule has 24 heavy (non-hydrogen) atoms. The van der Waals surface area contributed by atoms with Gasteiger partial charge in [-0.3, -0.25) is 9.59 Å². The van der Waals surface area contributed by atoms with Gasteiger partial charge in [-0.2, -0.15) is 0 Å². The molecule has 0 heterocycles. The van der Waals surface area contributed by atoms with Gasteiger partial charge < -0.3 is 5.11 Å². The summed E-state index contributed by atoms with van der Waals surface area (Å²) in [6.07, 6.45) is 2.66. The quantitative estimate of drug-likeness (QED) is 0.871. The van der Waals surface area contributed by atoms with Crippen LogP contribution in [-0.2, 0) is 10.4 Å². The van der Waals surface area contributed by atoms with E-state index in [1.165, 1.54) is 0 Å². The minimum atomic E-state index is -1.80. The number of aryl methyl sites for hydroxylation is 1. The second-order valence-corrected chi connectivity index (χ2v) is 6.60. The van der Waals surface area contributed by atoms with Crippen LogP contribution in [0.3, 0.4) is 0 Å². The van der Waals surface area contributed by atoms with Crippen LogP contribution in [-0.4, -0.2) is 16.7 Å². The van der Waals surface area contributed by atoms with E-state index in [9.17, 15) is 14.7 Å². The first-order valence-corrected chi connectivity index (χ1v) is 8.45. The molecule has 0 aromatic heterocycles. The average Bonchev–Trinajstić information content (AvgIpc) is 2.61. The maximum atomic E-state index is 13.3. The highest BCUT2D eigenvalue weighted by molar-refractivity contribution is 6.06. The molecule has 3 rings (SSSR count). The zero-order valence-electron chi connectivity index (χ0n) is 13.9. The van der Waals surface area contributed by atoms with Crippen molar-refractivity contribution in [1.82, 2.24) is 0 Å². The summed E-state index contributed by atoms with van der Waals surface area (Å²) in [5, 5.41) is 11.5. The fraction of sp³-hybridized carbons (Fsp3) is 0.333. The molecule has 1 saturated carbocycles. The standard InChI is InChI=1S/C21H22O3/c1-15-8-7-9-16(14-15)20(23)21(24,17-10-3-2-4-11-17)18-12-5-6-13-19(18)22/h2-4,7-11,14,18,24H,5-6,12-13H2,1H3/t18-,21-/m0/s1. The Bertz CT molecular complexity index is 751. The largest absolute Gasteiger partial charge is 0.376 e. The second kappa shape index (κ2) is 6.70. The third-order valence-corrected chi connectivity index (χ3v) is 4.90. The summed E-state index contributed by atoms with van der Waals surface area (Å²) in [5.74, 6) is -1.09. The van der Waals surface area contributed by atoms with Crippen molar-refractivity contribution in [3.63, 3.8) is 0 Å². The van der Waals surface area contributed by atoms with E-state index in [1.54, 1.807) is 42.5 Å². The average molecular weight is 322 g/mol. The Balaban J connectivity index is 2.11. The number of aliphatic hydroxyl groups is 1. The van der Waals surface area contributed by atoms with Crippen molar-refractivity contribution in [2.45, 2.75) is 38.2 Å². The predicted octanol–water partition coefficient (Wildman–Crippen LogP) is 3.82. The van der Waals surface area contributed by atoms with Crippen LogP contribution in [0.15, 0.2) is 54.6 Å². The van der Waals surface area contributed by atoms with Gasteiger partial charge in [0.05, 0.1) is 5.92 Å². The summed E-state index contributed by atoms with van der Waals surface area (Å²) in [4.78, 5) is 25.8. The number of rotatable bonds is 4. The van der Waals surface area contributed by atoms with Crippen molar-refractivity contribution in [2.24, 2.45) is 5.92 Å². The van der Waals surface area contributed by atoms with Gasteiger partial charge in [-0.25, -0.2) is 0 Å². The van der Waals surface area contributed by atoms with E-state index in [0.29, 0.717) is 24.0 Å². The molecule has 0 unspecified atom stereocenters. The molecular formula is C21H22O3. The first kappa shape index (κ1) is 16.6. The van der Waals surface area contributed by atoms with Crippen molar-refractivity contribution in [1.29, 1.82) is 0 Å². The van der Waals surface area contributed by atoms with Crippen LogP contribution in [0.1, 0.15) is 47.2 Å². The van der Waals surface area contributed by atoms with Gasteiger partial charge in [0.1, 0.15) is 5.78 Å². The van der Waals surface area contributed by atoms with Crippen LogP contribution < -0.4 is 0 Å². The second-order valence-electron chi connectivity index (χ2n) is 6.60. The Kier molecular flexibility index (Phi) is 4.63. The highest BCUT2D eigenvalue weighted by Gasteiger charge is 2.49. The maximum absolute atomic E-state index is 13.3. The Labute approximate surface area is 142 Å². The van der Waals surface area contributed by atoms with Crippen molar-refractivity contribution in [2.75, 3.05) is 0 Å². The van der Waals surface area contributed by atoms with E-state index in [4.69, 9.17) is 0 Å². The zero-order chi connectivity index (χ0) is 17.2. The number of hydrogen-bond donors (Lipinski definition) is 1. The lowest BCUT2D eigenvalue weighted by molar-refractivity contribution is -0.133. The molecule has 0 aliphatic heterocycles. The number of carbonyl (C=O) groups excluding carboxylic acids is 2. The van der Waals surface area contributed by atoms with E-state index >= 15 is 0 Å². The summed E-state index contributed by atoms with van der Waals surface area (Å²) in [7, 11) is 0.